The first kappa shape index (κ1) is 18.4. The van der Waals surface area contributed by atoms with Crippen molar-refractivity contribution >= 4 is 56.0 Å². The van der Waals surface area contributed by atoms with E-state index in [0.717, 1.165) is 25.7 Å². The first-order chi connectivity index (χ1) is 7.83. The molecule has 0 rings (SSSR count). The first-order valence-corrected chi connectivity index (χ1v) is 8.48. The molecule has 0 saturated carbocycles. The molecule has 104 valence electrons. The predicted octanol–water partition coefficient (Wildman–Crippen LogP) is 5.37. The fourth-order valence-electron chi connectivity index (χ4n) is 0.875. The average molecular weight is 343 g/mol. The molecule has 0 heterocycles. The normalized spacial score (nSPS) is 15.8. The topological polar surface area (TPSA) is 44.8 Å². The van der Waals surface area contributed by atoms with Crippen LogP contribution in [0.5, 0.6) is 0 Å². The van der Waals surface area contributed by atoms with Crippen LogP contribution in [0.2, 0.25) is 0 Å². The maximum absolute atomic E-state index is 11.8. The van der Waals surface area contributed by atoms with Crippen molar-refractivity contribution in [1.82, 2.24) is 0 Å². The average Bonchev–Trinajstić information content (AvgIpc) is 2.25. The zero-order chi connectivity index (χ0) is 13.4. The van der Waals surface area contributed by atoms with Gasteiger partial charge in [-0.05, 0) is 26.3 Å². The third-order valence-electron chi connectivity index (χ3n) is 1.62. The van der Waals surface area contributed by atoms with Crippen LogP contribution in [-0.2, 0) is 17.0 Å². The quantitative estimate of drug-likeness (QED) is 0.190. The molecule has 0 saturated heterocycles. The molecule has 0 N–H and O–H groups in total. The number of hydrogen-bond donors (Lipinski definition) is 1. The standard InChI is InChI=1S/C8H17Cl2O4PS2/c1-3-4-5-6-7-12-15(11,13-16)14-17-8(2,9)10/h16H,3-7H2,1-2H3. The summed E-state index contributed by atoms with van der Waals surface area (Å²) in [6, 6.07) is 0. The van der Waals surface area contributed by atoms with Crippen molar-refractivity contribution in [3.8, 4) is 0 Å². The van der Waals surface area contributed by atoms with E-state index in [4.69, 9.17) is 31.7 Å². The summed E-state index contributed by atoms with van der Waals surface area (Å²) in [5.74, 6) is 0. The fourth-order valence-corrected chi connectivity index (χ4v) is 3.34. The predicted molar refractivity (Wildman–Crippen MR) is 76.6 cm³/mol. The van der Waals surface area contributed by atoms with Crippen LogP contribution in [-0.4, -0.2) is 10.3 Å². The molecule has 1 unspecified atom stereocenters. The zero-order valence-electron chi connectivity index (χ0n) is 9.73. The smallest absolute Gasteiger partial charge is 0.286 e. The van der Waals surface area contributed by atoms with E-state index in [1.165, 1.54) is 6.92 Å². The minimum Gasteiger partial charge on any atom is -0.286 e. The summed E-state index contributed by atoms with van der Waals surface area (Å²) in [6.45, 7) is 3.86. The maximum atomic E-state index is 11.8. The largest absolute Gasteiger partial charge is 0.497 e. The second-order valence-corrected chi connectivity index (χ2v) is 8.93. The van der Waals surface area contributed by atoms with Gasteiger partial charge in [0.05, 0.1) is 6.61 Å². The maximum Gasteiger partial charge on any atom is 0.497 e. The van der Waals surface area contributed by atoms with E-state index >= 15 is 0 Å². The van der Waals surface area contributed by atoms with Crippen LogP contribution >= 0.6 is 56.0 Å². The number of hydrogen-bond acceptors (Lipinski definition) is 6. The summed E-state index contributed by atoms with van der Waals surface area (Å²) in [5.41, 5.74) is 0. The van der Waals surface area contributed by atoms with Gasteiger partial charge in [0.1, 0.15) is 0 Å². The van der Waals surface area contributed by atoms with Gasteiger partial charge in [0.15, 0.2) is 3.67 Å². The van der Waals surface area contributed by atoms with Gasteiger partial charge in [-0.15, -0.1) is 0 Å². The van der Waals surface area contributed by atoms with E-state index in [1.807, 2.05) is 0 Å². The second kappa shape index (κ2) is 9.32. The Hall–Kier alpha value is 1.39. The van der Waals surface area contributed by atoms with E-state index in [1.54, 1.807) is 0 Å². The van der Waals surface area contributed by atoms with Crippen molar-refractivity contribution in [2.75, 3.05) is 6.61 Å². The van der Waals surface area contributed by atoms with Crippen molar-refractivity contribution in [3.63, 3.8) is 0 Å². The monoisotopic (exact) mass is 342 g/mol. The lowest BCUT2D eigenvalue weighted by Gasteiger charge is -2.17. The van der Waals surface area contributed by atoms with Crippen LogP contribution in [0.1, 0.15) is 39.5 Å². The summed E-state index contributed by atoms with van der Waals surface area (Å²) in [4.78, 5) is 0. The number of halogens is 2. The van der Waals surface area contributed by atoms with Crippen LogP contribution < -0.4 is 0 Å². The Morgan fingerprint density at radius 3 is 2.47 bits per heavy atom. The minimum absolute atomic E-state index is 0.277. The Balaban J connectivity index is 3.90. The second-order valence-electron chi connectivity index (χ2n) is 3.39. The van der Waals surface area contributed by atoms with Crippen molar-refractivity contribution in [3.05, 3.63) is 0 Å². The van der Waals surface area contributed by atoms with Gasteiger partial charge in [-0.1, -0.05) is 49.4 Å². The Bertz CT molecular complexity index is 250. The SMILES string of the molecule is CCCCCCOP(=O)(OS)OSC(C)(Cl)Cl. The van der Waals surface area contributed by atoms with Crippen molar-refractivity contribution in [1.29, 1.82) is 0 Å². The van der Waals surface area contributed by atoms with Gasteiger partial charge in [-0.2, -0.15) is 0 Å². The first-order valence-electron chi connectivity index (χ1n) is 5.16. The Kier molecular flexibility index (Phi) is 10.1. The number of alkyl halides is 2. The Morgan fingerprint density at radius 2 is 2.00 bits per heavy atom. The summed E-state index contributed by atoms with van der Waals surface area (Å²) in [6.07, 6.45) is 4.00. The van der Waals surface area contributed by atoms with Gasteiger partial charge in [0.25, 0.3) is 0 Å². The van der Waals surface area contributed by atoms with Gasteiger partial charge in [0, 0.05) is 12.0 Å². The summed E-state index contributed by atoms with van der Waals surface area (Å²) in [5, 5.41) is 0. The van der Waals surface area contributed by atoms with E-state index in [9.17, 15) is 4.57 Å². The minimum atomic E-state index is -3.69. The lowest BCUT2D eigenvalue weighted by molar-refractivity contribution is 0.222. The molecule has 0 aliphatic rings. The molecule has 1 atom stereocenters. The highest BCUT2D eigenvalue weighted by Crippen LogP contribution is 2.56. The molecule has 0 amide bonds. The zero-order valence-corrected chi connectivity index (χ0v) is 13.8. The number of unbranched alkanes of at least 4 members (excludes halogenated alkanes) is 3. The summed E-state index contributed by atoms with van der Waals surface area (Å²) >= 11 is 15.4. The van der Waals surface area contributed by atoms with E-state index in [0.29, 0.717) is 12.0 Å². The molecular weight excluding hydrogens is 326 g/mol. The Morgan fingerprint density at radius 1 is 1.35 bits per heavy atom. The van der Waals surface area contributed by atoms with E-state index < -0.39 is 11.5 Å². The van der Waals surface area contributed by atoms with Crippen molar-refractivity contribution in [2.24, 2.45) is 0 Å². The van der Waals surface area contributed by atoms with Crippen LogP contribution in [0, 0.1) is 0 Å². The van der Waals surface area contributed by atoms with Gasteiger partial charge < -0.3 is 0 Å². The molecule has 0 aromatic heterocycles. The molecule has 0 aromatic carbocycles. The van der Waals surface area contributed by atoms with Gasteiger partial charge in [-0.3, -0.25) is 4.52 Å². The van der Waals surface area contributed by atoms with Gasteiger partial charge in [0.2, 0.25) is 0 Å². The summed E-state index contributed by atoms with van der Waals surface area (Å²) < 4.78 is 24.8. The lowest BCUT2D eigenvalue weighted by Crippen LogP contribution is -2.01. The van der Waals surface area contributed by atoms with Crippen molar-refractivity contribution in [2.45, 2.75) is 43.2 Å². The molecule has 0 bridgehead atoms. The van der Waals surface area contributed by atoms with E-state index in [-0.39, 0.29) is 6.61 Å². The molecule has 4 nitrogen and oxygen atoms in total. The highest BCUT2D eigenvalue weighted by atomic mass is 35.5. The fraction of sp³-hybridized carbons (Fsp3) is 1.00. The van der Waals surface area contributed by atoms with Crippen LogP contribution in [0.25, 0.3) is 0 Å². The molecule has 0 fully saturated rings. The molecule has 17 heavy (non-hydrogen) atoms. The van der Waals surface area contributed by atoms with Crippen LogP contribution in [0.4, 0.5) is 0 Å². The third-order valence-corrected chi connectivity index (χ3v) is 4.62. The van der Waals surface area contributed by atoms with Gasteiger partial charge >= 0.3 is 7.82 Å². The lowest BCUT2D eigenvalue weighted by atomic mass is 10.2. The Labute approximate surface area is 122 Å². The third kappa shape index (κ3) is 11.0. The molecule has 0 aromatic rings. The van der Waals surface area contributed by atoms with Crippen LogP contribution in [0.3, 0.4) is 0 Å². The molecule has 0 radical (unpaired) electrons. The van der Waals surface area contributed by atoms with Gasteiger partial charge in [-0.25, -0.2) is 12.5 Å². The molecule has 9 heteroatoms. The summed E-state index contributed by atoms with van der Waals surface area (Å²) in [7, 11) is -3.69. The highest BCUT2D eigenvalue weighted by Gasteiger charge is 2.31. The number of phosphoric acid groups is 1. The van der Waals surface area contributed by atoms with Crippen LogP contribution in [0.15, 0.2) is 0 Å². The molecule has 0 aliphatic carbocycles. The number of thiol groups is 1. The highest BCUT2D eigenvalue weighted by molar-refractivity contribution is 8.02. The molecule has 0 spiro atoms. The number of rotatable bonds is 10. The van der Waals surface area contributed by atoms with E-state index in [2.05, 4.69) is 23.8 Å². The molecular formula is C8H17Cl2O4PS2. The van der Waals surface area contributed by atoms with Crippen molar-refractivity contribution < 1.29 is 17.0 Å². The molecule has 0 aliphatic heterocycles.